The number of hydrogen-bond acceptors (Lipinski definition) is 7. The number of aromatic nitrogens is 2. The van der Waals surface area contributed by atoms with Gasteiger partial charge < -0.3 is 4.90 Å². The van der Waals surface area contributed by atoms with E-state index in [4.69, 9.17) is 4.99 Å². The van der Waals surface area contributed by atoms with E-state index in [2.05, 4.69) is 24.0 Å². The molecule has 31 heavy (non-hydrogen) atoms. The van der Waals surface area contributed by atoms with Crippen molar-refractivity contribution in [3.05, 3.63) is 76.3 Å². The van der Waals surface area contributed by atoms with Gasteiger partial charge in [-0.15, -0.1) is 0 Å². The molecule has 1 saturated heterocycles. The molecule has 1 aromatic carbocycles. The molecule has 7 nitrogen and oxygen atoms in total. The average molecular weight is 455 g/mol. The lowest BCUT2D eigenvalue weighted by molar-refractivity contribution is 0.601. The van der Waals surface area contributed by atoms with Crippen LogP contribution in [0.4, 0.5) is 5.69 Å². The van der Waals surface area contributed by atoms with E-state index in [1.807, 2.05) is 29.2 Å². The largest absolute Gasteiger partial charge is 0.315 e. The van der Waals surface area contributed by atoms with Gasteiger partial charge in [0.15, 0.2) is 15.0 Å². The zero-order chi connectivity index (χ0) is 21.6. The van der Waals surface area contributed by atoms with Crippen LogP contribution >= 0.6 is 11.8 Å². The van der Waals surface area contributed by atoms with Gasteiger partial charge >= 0.3 is 0 Å². The third-order valence-electron chi connectivity index (χ3n) is 5.64. The first kappa shape index (κ1) is 20.3. The van der Waals surface area contributed by atoms with Crippen LogP contribution in [0, 0.1) is 0 Å². The molecule has 5 rings (SSSR count). The normalized spacial score (nSPS) is 21.8. The Balaban J connectivity index is 1.52. The van der Waals surface area contributed by atoms with Crippen LogP contribution in [0.1, 0.15) is 18.2 Å². The van der Waals surface area contributed by atoms with Crippen LogP contribution in [0.25, 0.3) is 5.65 Å². The van der Waals surface area contributed by atoms with Crippen molar-refractivity contribution >= 4 is 38.1 Å². The van der Waals surface area contributed by atoms with Gasteiger partial charge in [-0.3, -0.25) is 14.2 Å². The summed E-state index contributed by atoms with van der Waals surface area (Å²) in [5.74, 6) is 0.264. The smallest absolute Gasteiger partial charge is 0.258 e. The number of anilines is 1. The molecule has 1 fully saturated rings. The molecule has 0 saturated carbocycles. The summed E-state index contributed by atoms with van der Waals surface area (Å²) in [6, 6.07) is 15.0. The van der Waals surface area contributed by atoms with E-state index in [0.717, 1.165) is 17.3 Å². The van der Waals surface area contributed by atoms with Crippen molar-refractivity contribution in [2.45, 2.75) is 31.2 Å². The average Bonchev–Trinajstić information content (AvgIpc) is 3.25. The van der Waals surface area contributed by atoms with Gasteiger partial charge in [-0.2, -0.15) is 0 Å². The maximum atomic E-state index is 12.6. The van der Waals surface area contributed by atoms with Crippen LogP contribution in [-0.4, -0.2) is 45.8 Å². The quantitative estimate of drug-likeness (QED) is 0.602. The maximum absolute atomic E-state index is 12.6. The molecule has 0 unspecified atom stereocenters. The van der Waals surface area contributed by atoms with Gasteiger partial charge in [0.1, 0.15) is 5.65 Å². The molecule has 0 aliphatic carbocycles. The SMILES string of the molecule is CCc1ccc(N(Cc2cc(=O)n3ccccc3n2)C2=N[C@@H]3CS(=O)(=O)C[C@H]3S2)cc1. The molecule has 2 aromatic heterocycles. The number of aliphatic imine (C=N–C) groups is 1. The number of pyridine rings is 1. The molecule has 0 spiro atoms. The van der Waals surface area contributed by atoms with Crippen molar-refractivity contribution in [2.24, 2.45) is 4.99 Å². The first-order chi connectivity index (χ1) is 14.9. The van der Waals surface area contributed by atoms with Crippen LogP contribution in [0.2, 0.25) is 0 Å². The predicted molar refractivity (Wildman–Crippen MR) is 125 cm³/mol. The minimum atomic E-state index is -3.02. The Morgan fingerprint density at radius 3 is 2.71 bits per heavy atom. The summed E-state index contributed by atoms with van der Waals surface area (Å²) in [7, 11) is -3.02. The number of nitrogens with zero attached hydrogens (tertiary/aromatic N) is 4. The summed E-state index contributed by atoms with van der Waals surface area (Å²) >= 11 is 1.51. The summed E-state index contributed by atoms with van der Waals surface area (Å²) in [5, 5.41) is 0.733. The standard InChI is InChI=1S/C22H22N4O3S2/c1-2-15-6-8-17(9-7-15)26(22-24-18-13-31(28,29)14-19(18)30-22)12-16-11-21(27)25-10-4-3-5-20(25)23-16/h3-11,18-19H,2,12-14H2,1H3/t18-,19-/m1/s1. The number of benzene rings is 1. The summed E-state index contributed by atoms with van der Waals surface area (Å²) < 4.78 is 25.5. The topological polar surface area (TPSA) is 84.1 Å². The lowest BCUT2D eigenvalue weighted by atomic mass is 10.1. The monoisotopic (exact) mass is 454 g/mol. The van der Waals surface area contributed by atoms with E-state index in [0.29, 0.717) is 17.9 Å². The van der Waals surface area contributed by atoms with Crippen molar-refractivity contribution in [3.63, 3.8) is 0 Å². The number of fused-ring (bicyclic) bond motifs is 2. The second-order valence-electron chi connectivity index (χ2n) is 7.83. The summed E-state index contributed by atoms with van der Waals surface area (Å²) in [6.07, 6.45) is 2.65. The highest BCUT2D eigenvalue weighted by Crippen LogP contribution is 2.37. The number of amidine groups is 1. The first-order valence-corrected chi connectivity index (χ1v) is 12.9. The lowest BCUT2D eigenvalue weighted by Crippen LogP contribution is -2.29. The van der Waals surface area contributed by atoms with E-state index in [1.54, 1.807) is 18.3 Å². The van der Waals surface area contributed by atoms with Crippen LogP contribution in [0.5, 0.6) is 0 Å². The Hall–Kier alpha value is -2.65. The Morgan fingerprint density at radius 2 is 1.97 bits per heavy atom. The zero-order valence-electron chi connectivity index (χ0n) is 17.0. The molecule has 0 bridgehead atoms. The van der Waals surface area contributed by atoms with E-state index in [-0.39, 0.29) is 28.4 Å². The zero-order valence-corrected chi connectivity index (χ0v) is 18.6. The first-order valence-electron chi connectivity index (χ1n) is 10.2. The highest BCUT2D eigenvalue weighted by Gasteiger charge is 2.44. The molecule has 3 aromatic rings. The minimum absolute atomic E-state index is 0.0485. The van der Waals surface area contributed by atoms with Gasteiger partial charge in [0.2, 0.25) is 0 Å². The Morgan fingerprint density at radius 1 is 1.16 bits per heavy atom. The van der Waals surface area contributed by atoms with Gasteiger partial charge in [0, 0.05) is 23.2 Å². The summed E-state index contributed by atoms with van der Waals surface area (Å²) in [4.78, 5) is 24.0. The van der Waals surface area contributed by atoms with Crippen LogP contribution in [0.3, 0.4) is 0 Å². The van der Waals surface area contributed by atoms with Crippen molar-refractivity contribution in [1.29, 1.82) is 0 Å². The van der Waals surface area contributed by atoms with Crippen molar-refractivity contribution in [3.8, 4) is 0 Å². The van der Waals surface area contributed by atoms with Crippen molar-refractivity contribution < 1.29 is 8.42 Å². The second kappa shape index (κ2) is 7.80. The van der Waals surface area contributed by atoms with Gasteiger partial charge in [-0.05, 0) is 36.2 Å². The van der Waals surface area contributed by atoms with Crippen molar-refractivity contribution in [1.82, 2.24) is 9.38 Å². The number of rotatable bonds is 4. The lowest BCUT2D eigenvalue weighted by Gasteiger charge is -2.24. The number of sulfone groups is 1. The third-order valence-corrected chi connectivity index (χ3v) is 8.88. The Bertz CT molecular complexity index is 1330. The Kier molecular flexibility index (Phi) is 5.10. The predicted octanol–water partition coefficient (Wildman–Crippen LogP) is 2.53. The van der Waals surface area contributed by atoms with Crippen molar-refractivity contribution in [2.75, 3.05) is 16.4 Å². The Labute approximate surface area is 184 Å². The summed E-state index contributed by atoms with van der Waals surface area (Å²) in [5.41, 5.74) is 3.28. The molecule has 9 heteroatoms. The molecule has 160 valence electrons. The number of hydrogen-bond donors (Lipinski definition) is 0. The van der Waals surface area contributed by atoms with E-state index >= 15 is 0 Å². The fourth-order valence-corrected chi connectivity index (χ4v) is 7.78. The molecular weight excluding hydrogens is 432 g/mol. The molecule has 2 atom stereocenters. The fourth-order valence-electron chi connectivity index (χ4n) is 4.00. The van der Waals surface area contributed by atoms with Gasteiger partial charge in [0.25, 0.3) is 5.56 Å². The number of aryl methyl sites for hydroxylation is 1. The molecule has 2 aliphatic rings. The third kappa shape index (κ3) is 3.99. The van der Waals surface area contributed by atoms with E-state index in [9.17, 15) is 13.2 Å². The van der Waals surface area contributed by atoms with Crippen LogP contribution in [0.15, 0.2) is 64.5 Å². The van der Waals surface area contributed by atoms with Crippen LogP contribution < -0.4 is 10.5 Å². The molecule has 2 aliphatic heterocycles. The van der Waals surface area contributed by atoms with Gasteiger partial charge in [-0.1, -0.05) is 36.9 Å². The second-order valence-corrected chi connectivity index (χ2v) is 11.2. The molecular formula is C22H22N4O3S2. The maximum Gasteiger partial charge on any atom is 0.258 e. The summed E-state index contributed by atoms with van der Waals surface area (Å²) in [6.45, 7) is 2.49. The molecule has 4 heterocycles. The van der Waals surface area contributed by atoms with E-state index < -0.39 is 9.84 Å². The van der Waals surface area contributed by atoms with Crippen LogP contribution in [-0.2, 0) is 22.8 Å². The fraction of sp³-hybridized carbons (Fsp3) is 0.318. The van der Waals surface area contributed by atoms with Gasteiger partial charge in [0.05, 0.1) is 29.8 Å². The number of thioether (sulfide) groups is 1. The molecule has 0 radical (unpaired) electrons. The highest BCUT2D eigenvalue weighted by atomic mass is 32.2. The van der Waals surface area contributed by atoms with E-state index in [1.165, 1.54) is 21.7 Å². The van der Waals surface area contributed by atoms with Gasteiger partial charge in [-0.25, -0.2) is 13.4 Å². The highest BCUT2D eigenvalue weighted by molar-refractivity contribution is 8.15. The molecule has 0 N–H and O–H groups in total. The minimum Gasteiger partial charge on any atom is -0.315 e. The molecule has 0 amide bonds.